The van der Waals surface area contributed by atoms with E-state index in [2.05, 4.69) is 29.4 Å². The average Bonchev–Trinajstić information content (AvgIpc) is 3.71. The lowest BCUT2D eigenvalue weighted by Crippen LogP contribution is -2.35. The number of ether oxygens (including phenoxy) is 4. The van der Waals surface area contributed by atoms with Crippen molar-refractivity contribution in [2.45, 2.75) is 96.2 Å². The summed E-state index contributed by atoms with van der Waals surface area (Å²) in [5, 5.41) is 3.47. The first-order chi connectivity index (χ1) is 21.8. The fourth-order valence-corrected chi connectivity index (χ4v) is 7.43. The molecule has 3 aromatic rings. The summed E-state index contributed by atoms with van der Waals surface area (Å²) in [6, 6.07) is 12.2. The molecule has 0 bridgehead atoms. The van der Waals surface area contributed by atoms with E-state index in [1.807, 2.05) is 35.8 Å². The largest absolute Gasteiger partial charge is 0.397 e. The molecular weight excluding hydrogens is 568 g/mol. The van der Waals surface area contributed by atoms with Gasteiger partial charge in [-0.1, -0.05) is 12.1 Å². The summed E-state index contributed by atoms with van der Waals surface area (Å²) >= 11 is 0. The second kappa shape index (κ2) is 14.2. The Morgan fingerprint density at radius 2 is 1.38 bits per heavy atom. The molecule has 2 aliphatic heterocycles. The Kier molecular flexibility index (Phi) is 10.1. The van der Waals surface area contributed by atoms with E-state index >= 15 is 0 Å². The van der Waals surface area contributed by atoms with E-state index in [0.717, 1.165) is 118 Å². The number of fused-ring (bicyclic) bond motifs is 1. The first-order valence-corrected chi connectivity index (χ1v) is 16.9. The van der Waals surface area contributed by atoms with Crippen LogP contribution < -0.4 is 16.6 Å². The van der Waals surface area contributed by atoms with Crippen molar-refractivity contribution in [2.75, 3.05) is 44.0 Å². The normalized spacial score (nSPS) is 22.5. The van der Waals surface area contributed by atoms with Crippen LogP contribution in [0.15, 0.2) is 47.4 Å². The van der Waals surface area contributed by atoms with Crippen LogP contribution in [-0.2, 0) is 25.5 Å². The molecule has 2 saturated heterocycles. The maximum absolute atomic E-state index is 12.3. The molecule has 0 amide bonds. The summed E-state index contributed by atoms with van der Waals surface area (Å²) in [4.78, 5) is 16.5. The maximum Gasteiger partial charge on any atom is 0.269 e. The predicted octanol–water partition coefficient (Wildman–Crippen LogP) is 6.34. The number of rotatable bonds is 7. The number of nitrogens with zero attached hydrogens (tertiary/aromatic N) is 2. The minimum atomic E-state index is -0.298. The molecule has 4 fully saturated rings. The Morgan fingerprint density at radius 1 is 0.822 bits per heavy atom. The van der Waals surface area contributed by atoms with Crippen LogP contribution in [0.3, 0.4) is 0 Å². The number of aryl methyl sites for hydroxylation is 3. The molecule has 9 heteroatoms. The van der Waals surface area contributed by atoms with Gasteiger partial charge in [0, 0.05) is 38.8 Å². The molecule has 9 nitrogen and oxygen atoms in total. The van der Waals surface area contributed by atoms with Gasteiger partial charge in [-0.2, -0.15) is 0 Å². The summed E-state index contributed by atoms with van der Waals surface area (Å²) in [5.41, 5.74) is 12.1. The van der Waals surface area contributed by atoms with Gasteiger partial charge in [0.15, 0.2) is 11.6 Å². The molecule has 2 aliphatic carbocycles. The Morgan fingerprint density at radius 3 is 2.00 bits per heavy atom. The van der Waals surface area contributed by atoms with Crippen molar-refractivity contribution in [1.29, 1.82) is 0 Å². The van der Waals surface area contributed by atoms with E-state index < -0.39 is 0 Å². The van der Waals surface area contributed by atoms with Gasteiger partial charge in [0.25, 0.3) is 5.56 Å². The zero-order chi connectivity index (χ0) is 31.3. The fourth-order valence-electron chi connectivity index (χ4n) is 7.43. The number of aromatic nitrogens is 2. The van der Waals surface area contributed by atoms with Crippen molar-refractivity contribution >= 4 is 22.4 Å². The molecule has 244 valence electrons. The summed E-state index contributed by atoms with van der Waals surface area (Å²) in [6.07, 6.45) is 12.3. The van der Waals surface area contributed by atoms with E-state index in [-0.39, 0.29) is 17.1 Å². The Balaban J connectivity index is 0.000000160. The summed E-state index contributed by atoms with van der Waals surface area (Å²) in [7, 11) is 0. The summed E-state index contributed by atoms with van der Waals surface area (Å²) < 4.78 is 25.0. The summed E-state index contributed by atoms with van der Waals surface area (Å²) in [5.74, 6) is 0.865. The first-order valence-electron chi connectivity index (χ1n) is 16.9. The van der Waals surface area contributed by atoms with E-state index in [4.69, 9.17) is 24.7 Å². The van der Waals surface area contributed by atoms with Crippen molar-refractivity contribution in [1.82, 2.24) is 9.55 Å². The highest BCUT2D eigenvalue weighted by molar-refractivity contribution is 5.75. The van der Waals surface area contributed by atoms with Gasteiger partial charge in [-0.3, -0.25) is 4.79 Å². The molecule has 1 aromatic heterocycles. The predicted molar refractivity (Wildman–Crippen MR) is 177 cm³/mol. The minimum absolute atomic E-state index is 0.0113. The van der Waals surface area contributed by atoms with Crippen LogP contribution in [0.4, 0.5) is 11.4 Å². The van der Waals surface area contributed by atoms with E-state index in [9.17, 15) is 4.79 Å². The van der Waals surface area contributed by atoms with Gasteiger partial charge in [0.2, 0.25) is 0 Å². The second-order valence-corrected chi connectivity index (χ2v) is 13.4. The molecule has 7 rings (SSSR count). The van der Waals surface area contributed by atoms with Gasteiger partial charge in [-0.15, -0.1) is 0 Å². The smallest absolute Gasteiger partial charge is 0.269 e. The molecule has 3 heterocycles. The third-order valence-electron chi connectivity index (χ3n) is 10.2. The van der Waals surface area contributed by atoms with E-state index in [1.165, 1.54) is 31.0 Å². The number of nitrogen functional groups attached to an aromatic ring is 1. The average molecular weight is 619 g/mol. The van der Waals surface area contributed by atoms with Crippen molar-refractivity contribution in [3.8, 4) is 0 Å². The van der Waals surface area contributed by atoms with Gasteiger partial charge in [0.1, 0.15) is 0 Å². The Hall–Kier alpha value is -2.98. The molecule has 4 aliphatic rings. The Bertz CT molecular complexity index is 1470. The highest BCUT2D eigenvalue weighted by Crippen LogP contribution is 2.40. The van der Waals surface area contributed by atoms with Crippen LogP contribution in [0.1, 0.15) is 75.3 Å². The van der Waals surface area contributed by atoms with Crippen molar-refractivity contribution in [2.24, 2.45) is 11.8 Å². The van der Waals surface area contributed by atoms with Crippen LogP contribution in [0, 0.1) is 25.7 Å². The van der Waals surface area contributed by atoms with E-state index in [1.54, 1.807) is 0 Å². The van der Waals surface area contributed by atoms with Crippen molar-refractivity contribution in [3.05, 3.63) is 64.1 Å². The molecule has 45 heavy (non-hydrogen) atoms. The van der Waals surface area contributed by atoms with Crippen molar-refractivity contribution in [3.63, 3.8) is 0 Å². The molecule has 0 atom stereocenters. The van der Waals surface area contributed by atoms with Crippen LogP contribution in [0.2, 0.25) is 0 Å². The van der Waals surface area contributed by atoms with Crippen LogP contribution in [-0.4, -0.2) is 54.1 Å². The van der Waals surface area contributed by atoms with Gasteiger partial charge >= 0.3 is 0 Å². The van der Waals surface area contributed by atoms with Gasteiger partial charge in [0.05, 0.1) is 55.0 Å². The van der Waals surface area contributed by atoms with Gasteiger partial charge in [-0.25, -0.2) is 4.98 Å². The standard InChI is InChI=1S/C19H24N2O3.C17H26N2O2/c1-14-2-3-16-17(12-14)21(18(22)13-20-16)9-6-15-4-7-19(8-5-15)23-10-11-24-19;1-13-2-3-15(18)16(12-13)19-9-6-14-4-7-17(8-5-14)20-10-11-21-17/h2-3,12-13,15H,4-11H2,1H3;2-3,12,14,19H,4-11,18H2,1H3. The fraction of sp³-hybridized carbons (Fsp3) is 0.611. The highest BCUT2D eigenvalue weighted by Gasteiger charge is 2.41. The molecule has 2 aromatic carbocycles. The number of benzene rings is 2. The number of anilines is 2. The third kappa shape index (κ3) is 7.88. The highest BCUT2D eigenvalue weighted by atomic mass is 16.7. The molecule has 0 unspecified atom stereocenters. The molecule has 0 radical (unpaired) electrons. The van der Waals surface area contributed by atoms with Gasteiger partial charge in [-0.05, 0) is 99.6 Å². The summed E-state index contributed by atoms with van der Waals surface area (Å²) in [6.45, 7) is 8.84. The van der Waals surface area contributed by atoms with Crippen LogP contribution >= 0.6 is 0 Å². The third-order valence-corrected chi connectivity index (χ3v) is 10.2. The van der Waals surface area contributed by atoms with Crippen molar-refractivity contribution < 1.29 is 18.9 Å². The molecule has 3 N–H and O–H groups in total. The topological polar surface area (TPSA) is 110 Å². The minimum Gasteiger partial charge on any atom is -0.397 e. The van der Waals surface area contributed by atoms with E-state index in [0.29, 0.717) is 5.92 Å². The number of nitrogens with one attached hydrogen (secondary N) is 1. The maximum atomic E-state index is 12.3. The lowest BCUT2D eigenvalue weighted by Gasteiger charge is -2.35. The number of hydrogen-bond donors (Lipinski definition) is 2. The van der Waals surface area contributed by atoms with Crippen LogP contribution in [0.5, 0.6) is 0 Å². The molecule has 2 spiro atoms. The lowest BCUT2D eigenvalue weighted by atomic mass is 9.83. The van der Waals surface area contributed by atoms with Crippen LogP contribution in [0.25, 0.3) is 11.0 Å². The first kappa shape index (κ1) is 32.0. The molecular formula is C36H50N4O5. The number of hydrogen-bond acceptors (Lipinski definition) is 8. The number of nitrogens with two attached hydrogens (primary N) is 1. The zero-order valence-electron chi connectivity index (χ0n) is 27.0. The Labute approximate surface area is 266 Å². The molecule has 2 saturated carbocycles. The van der Waals surface area contributed by atoms with Gasteiger partial charge < -0.3 is 34.6 Å². The SMILES string of the molecule is Cc1ccc(N)c(NCCC2CCC3(CC2)OCCO3)c1.Cc1ccc2ncc(=O)n(CCC3CCC4(CC3)OCCO4)c2c1. The quantitative estimate of drug-likeness (QED) is 0.295. The zero-order valence-corrected chi connectivity index (χ0v) is 27.0. The second-order valence-electron chi connectivity index (χ2n) is 13.4. The lowest BCUT2D eigenvalue weighted by molar-refractivity contribution is -0.183. The monoisotopic (exact) mass is 618 g/mol.